The van der Waals surface area contributed by atoms with Gasteiger partial charge in [-0.2, -0.15) is 5.10 Å². The van der Waals surface area contributed by atoms with Crippen molar-refractivity contribution < 1.29 is 0 Å². The first-order valence-electron chi connectivity index (χ1n) is 7.95. The van der Waals surface area contributed by atoms with Crippen molar-refractivity contribution in [1.29, 1.82) is 0 Å². The fraction of sp³-hybridized carbons (Fsp3) is 0.333. The van der Waals surface area contributed by atoms with Gasteiger partial charge in [0.15, 0.2) is 5.65 Å². The van der Waals surface area contributed by atoms with Gasteiger partial charge in [-0.05, 0) is 30.5 Å². The molecule has 2 heterocycles. The molecule has 0 saturated heterocycles. The van der Waals surface area contributed by atoms with Gasteiger partial charge in [-0.15, -0.1) is 0 Å². The normalized spacial score (nSPS) is 11.2. The first-order chi connectivity index (χ1) is 10.8. The van der Waals surface area contributed by atoms with Crippen molar-refractivity contribution in [3.8, 4) is 11.3 Å². The number of aromatic nitrogens is 3. The monoisotopic (exact) mass is 294 g/mol. The predicted octanol–water partition coefficient (Wildman–Crippen LogP) is 3.59. The molecule has 0 radical (unpaired) electrons. The van der Waals surface area contributed by atoms with Crippen LogP contribution in [0, 0.1) is 0 Å². The average Bonchev–Trinajstić information content (AvgIpc) is 2.98. The van der Waals surface area contributed by atoms with Crippen LogP contribution >= 0.6 is 0 Å². The second-order valence-corrected chi connectivity index (χ2v) is 5.60. The zero-order chi connectivity index (χ0) is 15.4. The molecule has 0 fully saturated rings. The smallest absolute Gasteiger partial charge is 0.154 e. The van der Waals surface area contributed by atoms with Gasteiger partial charge in [-0.25, -0.2) is 9.50 Å². The van der Waals surface area contributed by atoms with E-state index in [0.29, 0.717) is 6.54 Å². The molecule has 4 heteroatoms. The van der Waals surface area contributed by atoms with Crippen LogP contribution in [-0.4, -0.2) is 14.6 Å². The van der Waals surface area contributed by atoms with E-state index < -0.39 is 0 Å². The molecule has 0 atom stereocenters. The molecule has 3 aromatic rings. The summed E-state index contributed by atoms with van der Waals surface area (Å²) in [7, 11) is 0. The maximum atomic E-state index is 5.66. The van der Waals surface area contributed by atoms with Crippen LogP contribution in [0.2, 0.25) is 0 Å². The summed E-state index contributed by atoms with van der Waals surface area (Å²) in [6, 6.07) is 12.4. The van der Waals surface area contributed by atoms with Crippen LogP contribution in [0.25, 0.3) is 16.9 Å². The van der Waals surface area contributed by atoms with E-state index in [1.54, 1.807) is 0 Å². The number of fused-ring (bicyclic) bond motifs is 1. The van der Waals surface area contributed by atoms with Crippen LogP contribution in [0.1, 0.15) is 37.4 Å². The molecule has 0 aliphatic heterocycles. The molecule has 4 nitrogen and oxygen atoms in total. The van der Waals surface area contributed by atoms with Gasteiger partial charge in [0.1, 0.15) is 0 Å². The molecule has 0 saturated carbocycles. The highest BCUT2D eigenvalue weighted by molar-refractivity contribution is 5.63. The van der Waals surface area contributed by atoms with E-state index in [-0.39, 0.29) is 0 Å². The number of imidazole rings is 1. The number of nitrogens with zero attached hydrogens (tertiary/aromatic N) is 3. The molecule has 1 aromatic carbocycles. The van der Waals surface area contributed by atoms with Gasteiger partial charge < -0.3 is 5.73 Å². The van der Waals surface area contributed by atoms with Gasteiger partial charge in [-0.1, -0.05) is 44.0 Å². The van der Waals surface area contributed by atoms with Gasteiger partial charge in [0.05, 0.1) is 17.6 Å². The van der Waals surface area contributed by atoms with E-state index in [1.165, 1.54) is 19.3 Å². The second kappa shape index (κ2) is 6.71. The molecule has 3 rings (SSSR count). The summed E-state index contributed by atoms with van der Waals surface area (Å²) in [5.74, 6) is 0. The Morgan fingerprint density at radius 1 is 1.05 bits per heavy atom. The Morgan fingerprint density at radius 3 is 2.59 bits per heavy atom. The second-order valence-electron chi connectivity index (χ2n) is 5.60. The van der Waals surface area contributed by atoms with E-state index in [0.717, 1.165) is 34.6 Å². The quantitative estimate of drug-likeness (QED) is 0.707. The average molecular weight is 294 g/mol. The lowest BCUT2D eigenvalue weighted by molar-refractivity contribution is 0.695. The molecular weight excluding hydrogens is 272 g/mol. The minimum atomic E-state index is 0.563. The van der Waals surface area contributed by atoms with Crippen molar-refractivity contribution in [2.24, 2.45) is 5.73 Å². The number of aryl methyl sites for hydroxylation is 1. The molecular formula is C18H22N4. The molecule has 0 bridgehead atoms. The highest BCUT2D eigenvalue weighted by Gasteiger charge is 2.08. The van der Waals surface area contributed by atoms with E-state index in [2.05, 4.69) is 42.2 Å². The van der Waals surface area contributed by atoms with E-state index in [1.807, 2.05) is 16.8 Å². The summed E-state index contributed by atoms with van der Waals surface area (Å²) in [4.78, 5) is 4.45. The summed E-state index contributed by atoms with van der Waals surface area (Å²) in [5, 5.41) is 4.76. The SMILES string of the molecule is CCCCCc1ccc2ncc(-c3ccc(CN)cc3)n2n1. The molecule has 0 aliphatic rings. The predicted molar refractivity (Wildman–Crippen MR) is 89.5 cm³/mol. The topological polar surface area (TPSA) is 56.2 Å². The first-order valence-corrected chi connectivity index (χ1v) is 7.95. The standard InChI is InChI=1S/C18H22N4/c1-2-3-4-5-16-10-11-18-20-13-17(22(18)21-16)15-8-6-14(12-19)7-9-15/h6-11,13H,2-5,12,19H2,1H3. The van der Waals surface area contributed by atoms with Gasteiger partial charge in [0, 0.05) is 12.1 Å². The molecule has 2 N–H and O–H groups in total. The minimum Gasteiger partial charge on any atom is -0.326 e. The lowest BCUT2D eigenvalue weighted by Crippen LogP contribution is -2.00. The maximum absolute atomic E-state index is 5.66. The zero-order valence-corrected chi connectivity index (χ0v) is 13.0. The van der Waals surface area contributed by atoms with Crippen molar-refractivity contribution in [3.05, 3.63) is 53.9 Å². The largest absolute Gasteiger partial charge is 0.326 e. The fourth-order valence-corrected chi connectivity index (χ4v) is 2.61. The number of hydrogen-bond acceptors (Lipinski definition) is 3. The molecule has 0 aliphatic carbocycles. The van der Waals surface area contributed by atoms with Crippen LogP contribution in [0.5, 0.6) is 0 Å². The molecule has 22 heavy (non-hydrogen) atoms. The van der Waals surface area contributed by atoms with Crippen molar-refractivity contribution in [3.63, 3.8) is 0 Å². The van der Waals surface area contributed by atoms with Crippen molar-refractivity contribution in [2.45, 2.75) is 39.2 Å². The number of hydrogen-bond donors (Lipinski definition) is 1. The van der Waals surface area contributed by atoms with Crippen LogP contribution in [-0.2, 0) is 13.0 Å². The highest BCUT2D eigenvalue weighted by atomic mass is 15.3. The summed E-state index contributed by atoms with van der Waals surface area (Å²) < 4.78 is 1.94. The number of rotatable bonds is 6. The van der Waals surface area contributed by atoms with Crippen LogP contribution in [0.15, 0.2) is 42.6 Å². The zero-order valence-electron chi connectivity index (χ0n) is 13.0. The van der Waals surface area contributed by atoms with E-state index >= 15 is 0 Å². The summed E-state index contributed by atoms with van der Waals surface area (Å²) in [6.07, 6.45) is 6.57. The van der Waals surface area contributed by atoms with Gasteiger partial charge >= 0.3 is 0 Å². The minimum absolute atomic E-state index is 0.563. The number of nitrogens with two attached hydrogens (primary N) is 1. The van der Waals surface area contributed by atoms with Crippen LogP contribution in [0.3, 0.4) is 0 Å². The van der Waals surface area contributed by atoms with Gasteiger partial charge in [0.25, 0.3) is 0 Å². The summed E-state index contributed by atoms with van der Waals surface area (Å²) in [6.45, 7) is 2.78. The molecule has 114 valence electrons. The Kier molecular flexibility index (Phi) is 4.49. The number of benzene rings is 1. The Labute approximate surface area is 131 Å². The number of unbranched alkanes of at least 4 members (excludes halogenated alkanes) is 2. The van der Waals surface area contributed by atoms with Gasteiger partial charge in [0.2, 0.25) is 0 Å². The van der Waals surface area contributed by atoms with Crippen molar-refractivity contribution in [2.75, 3.05) is 0 Å². The van der Waals surface area contributed by atoms with Crippen LogP contribution in [0.4, 0.5) is 0 Å². The fourth-order valence-electron chi connectivity index (χ4n) is 2.61. The summed E-state index contributed by atoms with van der Waals surface area (Å²) in [5.41, 5.74) is 10.9. The maximum Gasteiger partial charge on any atom is 0.154 e. The third kappa shape index (κ3) is 3.02. The van der Waals surface area contributed by atoms with E-state index in [9.17, 15) is 0 Å². The summed E-state index contributed by atoms with van der Waals surface area (Å²) >= 11 is 0. The Balaban J connectivity index is 1.93. The third-order valence-corrected chi connectivity index (χ3v) is 3.94. The molecule has 0 spiro atoms. The lowest BCUT2D eigenvalue weighted by Gasteiger charge is -2.05. The van der Waals surface area contributed by atoms with E-state index in [4.69, 9.17) is 10.8 Å². The Morgan fingerprint density at radius 2 is 1.86 bits per heavy atom. The molecule has 2 aromatic heterocycles. The Hall–Kier alpha value is -2.20. The van der Waals surface area contributed by atoms with Crippen LogP contribution < -0.4 is 5.73 Å². The Bertz CT molecular complexity index is 743. The first kappa shape index (κ1) is 14.7. The third-order valence-electron chi connectivity index (χ3n) is 3.94. The highest BCUT2D eigenvalue weighted by Crippen LogP contribution is 2.21. The van der Waals surface area contributed by atoms with Gasteiger partial charge in [-0.3, -0.25) is 0 Å². The molecule has 0 amide bonds. The molecule has 0 unspecified atom stereocenters. The lowest BCUT2D eigenvalue weighted by atomic mass is 10.1. The van der Waals surface area contributed by atoms with Crippen molar-refractivity contribution >= 4 is 5.65 Å². The van der Waals surface area contributed by atoms with Crippen molar-refractivity contribution in [1.82, 2.24) is 14.6 Å².